The zero-order chi connectivity index (χ0) is 17.8. The fourth-order valence-electron chi connectivity index (χ4n) is 3.63. The molecule has 0 bridgehead atoms. The lowest BCUT2D eigenvalue weighted by atomic mass is 9.83. The third kappa shape index (κ3) is 3.66. The van der Waals surface area contributed by atoms with Gasteiger partial charge in [0.25, 0.3) is 0 Å². The van der Waals surface area contributed by atoms with Gasteiger partial charge < -0.3 is 10.2 Å². The van der Waals surface area contributed by atoms with Crippen molar-refractivity contribution in [3.05, 3.63) is 81.0 Å². The minimum Gasteiger partial charge on any atom is -0.394 e. The first kappa shape index (κ1) is 17.4. The van der Waals surface area contributed by atoms with Gasteiger partial charge in [0.1, 0.15) is 5.82 Å². The van der Waals surface area contributed by atoms with Crippen molar-refractivity contribution in [3.63, 3.8) is 0 Å². The van der Waals surface area contributed by atoms with E-state index in [0.717, 1.165) is 16.7 Å². The fourth-order valence-corrected chi connectivity index (χ4v) is 3.63. The third-order valence-electron chi connectivity index (χ3n) is 4.84. The Labute approximate surface area is 145 Å². The summed E-state index contributed by atoms with van der Waals surface area (Å²) in [6.07, 6.45) is 0.715. The van der Waals surface area contributed by atoms with Gasteiger partial charge in [-0.1, -0.05) is 35.4 Å². The topological polar surface area (TPSA) is 89.2 Å². The number of halogens is 1. The molecule has 5 nitrogen and oxygen atoms in total. The van der Waals surface area contributed by atoms with Crippen LogP contribution in [0.3, 0.4) is 0 Å². The van der Waals surface area contributed by atoms with Crippen molar-refractivity contribution in [1.82, 2.24) is 0 Å². The molecular formula is C19H20FN3O2. The van der Waals surface area contributed by atoms with E-state index in [0.29, 0.717) is 24.8 Å². The summed E-state index contributed by atoms with van der Waals surface area (Å²) in [4.78, 5) is 2.99. The molecule has 2 N–H and O–H groups in total. The number of nitrogens with zero attached hydrogens (tertiary/aromatic N) is 3. The maximum atomic E-state index is 13.9. The zero-order valence-corrected chi connectivity index (χ0v) is 13.7. The largest absolute Gasteiger partial charge is 0.394 e. The standard InChI is InChI=1S/C19H20FN3O2/c20-14-6-5-13-9-12-3-1-2-4-16(12)17(8-7-15(25)11-24)19(22-23-21)18(13)10-14/h1-6,10,15,17,19,24-25H,7-9,11H2/t15-,17+,19-/m0/s1. The van der Waals surface area contributed by atoms with E-state index < -0.39 is 12.1 Å². The van der Waals surface area contributed by atoms with Crippen LogP contribution >= 0.6 is 0 Å². The van der Waals surface area contributed by atoms with Gasteiger partial charge >= 0.3 is 0 Å². The number of fused-ring (bicyclic) bond motifs is 2. The summed E-state index contributed by atoms with van der Waals surface area (Å²) in [6, 6.07) is 12.0. The summed E-state index contributed by atoms with van der Waals surface area (Å²) >= 11 is 0. The highest BCUT2D eigenvalue weighted by molar-refractivity contribution is 5.45. The van der Waals surface area contributed by atoms with Crippen LogP contribution in [0.1, 0.15) is 47.1 Å². The van der Waals surface area contributed by atoms with Crippen LogP contribution in [0.25, 0.3) is 10.4 Å². The van der Waals surface area contributed by atoms with Crippen molar-refractivity contribution >= 4 is 0 Å². The minimum absolute atomic E-state index is 0.184. The van der Waals surface area contributed by atoms with Gasteiger partial charge in [0, 0.05) is 4.91 Å². The Morgan fingerprint density at radius 3 is 2.72 bits per heavy atom. The molecule has 0 saturated carbocycles. The van der Waals surface area contributed by atoms with Crippen LogP contribution in [-0.4, -0.2) is 22.9 Å². The lowest BCUT2D eigenvalue weighted by Crippen LogP contribution is -2.16. The van der Waals surface area contributed by atoms with E-state index in [9.17, 15) is 9.50 Å². The summed E-state index contributed by atoms with van der Waals surface area (Å²) in [5.74, 6) is -0.548. The Morgan fingerprint density at radius 1 is 1.20 bits per heavy atom. The molecule has 25 heavy (non-hydrogen) atoms. The Morgan fingerprint density at radius 2 is 1.96 bits per heavy atom. The molecule has 1 aliphatic carbocycles. The number of azide groups is 1. The summed E-state index contributed by atoms with van der Waals surface area (Å²) in [7, 11) is 0. The molecule has 3 rings (SSSR count). The smallest absolute Gasteiger partial charge is 0.123 e. The highest BCUT2D eigenvalue weighted by Gasteiger charge is 2.31. The lowest BCUT2D eigenvalue weighted by molar-refractivity contribution is 0.0842. The molecule has 130 valence electrons. The molecular weight excluding hydrogens is 321 g/mol. The predicted molar refractivity (Wildman–Crippen MR) is 92.6 cm³/mol. The average Bonchev–Trinajstić information content (AvgIpc) is 2.75. The van der Waals surface area contributed by atoms with Gasteiger partial charge in [-0.3, -0.25) is 0 Å². The second-order valence-electron chi connectivity index (χ2n) is 6.39. The van der Waals surface area contributed by atoms with Crippen LogP contribution in [0.5, 0.6) is 0 Å². The van der Waals surface area contributed by atoms with Crippen LogP contribution in [0.2, 0.25) is 0 Å². The van der Waals surface area contributed by atoms with Crippen molar-refractivity contribution in [3.8, 4) is 0 Å². The van der Waals surface area contributed by atoms with Crippen molar-refractivity contribution in [1.29, 1.82) is 0 Å². The van der Waals surface area contributed by atoms with Crippen molar-refractivity contribution < 1.29 is 14.6 Å². The molecule has 6 heteroatoms. The maximum absolute atomic E-state index is 13.9. The normalized spacial score (nSPS) is 20.0. The fraction of sp³-hybridized carbons (Fsp3) is 0.368. The number of hydrogen-bond donors (Lipinski definition) is 2. The van der Waals surface area contributed by atoms with E-state index in [-0.39, 0.29) is 18.3 Å². The van der Waals surface area contributed by atoms with Crippen LogP contribution in [-0.2, 0) is 6.42 Å². The Bertz CT molecular complexity index is 805. The molecule has 0 amide bonds. The Balaban J connectivity index is 2.12. The summed E-state index contributed by atoms with van der Waals surface area (Å²) in [6.45, 7) is -0.314. The first-order valence-corrected chi connectivity index (χ1v) is 8.33. The number of aliphatic hydroxyl groups excluding tert-OH is 2. The van der Waals surface area contributed by atoms with Crippen molar-refractivity contribution in [2.24, 2.45) is 5.11 Å². The quantitative estimate of drug-likeness (QED) is 0.489. The SMILES string of the molecule is [N-]=[N+]=N[C@@H]1c2cc(F)ccc2Cc2ccccc2[C@H]1CC[C@H](O)CO. The molecule has 3 atom stereocenters. The van der Waals surface area contributed by atoms with Gasteiger partial charge in [0.2, 0.25) is 0 Å². The second-order valence-corrected chi connectivity index (χ2v) is 6.39. The Kier molecular flexibility index (Phi) is 5.34. The molecule has 2 aromatic carbocycles. The van der Waals surface area contributed by atoms with Gasteiger partial charge in [0.05, 0.1) is 18.8 Å². The minimum atomic E-state index is -0.825. The number of hydrogen-bond acceptors (Lipinski definition) is 3. The number of rotatable bonds is 5. The molecule has 1 aliphatic rings. The van der Waals surface area contributed by atoms with Gasteiger partial charge in [-0.05, 0) is 65.1 Å². The first-order valence-electron chi connectivity index (χ1n) is 8.33. The third-order valence-corrected chi connectivity index (χ3v) is 4.84. The van der Waals surface area contributed by atoms with Crippen molar-refractivity contribution in [2.75, 3.05) is 6.61 Å². The maximum Gasteiger partial charge on any atom is 0.123 e. The average molecular weight is 341 g/mol. The summed E-state index contributed by atoms with van der Waals surface area (Å²) < 4.78 is 13.9. The molecule has 0 aliphatic heterocycles. The van der Waals surface area contributed by atoms with E-state index in [1.54, 1.807) is 6.07 Å². The molecule has 0 heterocycles. The second kappa shape index (κ2) is 7.66. The number of aliphatic hydroxyl groups is 2. The molecule has 0 fully saturated rings. The van der Waals surface area contributed by atoms with E-state index >= 15 is 0 Å². The molecule has 2 aromatic rings. The van der Waals surface area contributed by atoms with Crippen LogP contribution in [0.15, 0.2) is 47.6 Å². The monoisotopic (exact) mass is 341 g/mol. The van der Waals surface area contributed by atoms with E-state index in [4.69, 9.17) is 10.6 Å². The highest BCUT2D eigenvalue weighted by Crippen LogP contribution is 2.44. The molecule has 0 spiro atoms. The van der Waals surface area contributed by atoms with Gasteiger partial charge in [0.15, 0.2) is 0 Å². The predicted octanol–water partition coefficient (Wildman–Crippen LogP) is 4.00. The summed E-state index contributed by atoms with van der Waals surface area (Å²) in [5.41, 5.74) is 12.9. The molecule has 0 radical (unpaired) electrons. The zero-order valence-electron chi connectivity index (χ0n) is 13.7. The molecule has 0 saturated heterocycles. The van der Waals surface area contributed by atoms with Gasteiger partial charge in [-0.2, -0.15) is 0 Å². The van der Waals surface area contributed by atoms with E-state index in [2.05, 4.69) is 10.0 Å². The van der Waals surface area contributed by atoms with Gasteiger partial charge in [-0.15, -0.1) is 0 Å². The number of benzene rings is 2. The van der Waals surface area contributed by atoms with E-state index in [1.807, 2.05) is 24.3 Å². The molecule has 0 unspecified atom stereocenters. The lowest BCUT2D eigenvalue weighted by Gasteiger charge is -2.25. The van der Waals surface area contributed by atoms with Crippen LogP contribution < -0.4 is 0 Å². The molecule has 0 aromatic heterocycles. The van der Waals surface area contributed by atoms with Crippen LogP contribution in [0.4, 0.5) is 4.39 Å². The first-order chi connectivity index (χ1) is 12.1. The summed E-state index contributed by atoms with van der Waals surface area (Å²) in [5, 5.41) is 22.8. The van der Waals surface area contributed by atoms with E-state index in [1.165, 1.54) is 12.1 Å². The van der Waals surface area contributed by atoms with Gasteiger partial charge in [-0.25, -0.2) is 4.39 Å². The highest BCUT2D eigenvalue weighted by atomic mass is 19.1. The van der Waals surface area contributed by atoms with Crippen LogP contribution in [0, 0.1) is 5.82 Å². The Hall–Kier alpha value is -2.40. The van der Waals surface area contributed by atoms with Crippen molar-refractivity contribution in [2.45, 2.75) is 37.3 Å².